The van der Waals surface area contributed by atoms with E-state index in [-0.39, 0.29) is 6.29 Å². The first kappa shape index (κ1) is 13.0. The normalized spacial score (nSPS) is 21.6. The molecule has 0 bridgehead atoms. The van der Waals surface area contributed by atoms with E-state index in [1.54, 1.807) is 0 Å². The molecule has 90 valence electrons. The van der Waals surface area contributed by atoms with E-state index >= 15 is 0 Å². The molecule has 0 radical (unpaired) electrons. The Bertz CT molecular complexity index is 143. The van der Waals surface area contributed by atoms with Crippen LogP contribution in [0.1, 0.15) is 65.2 Å². The van der Waals surface area contributed by atoms with Crippen molar-refractivity contribution in [3.63, 3.8) is 0 Å². The van der Waals surface area contributed by atoms with E-state index in [4.69, 9.17) is 9.47 Å². The summed E-state index contributed by atoms with van der Waals surface area (Å²) in [5.41, 5.74) is 0. The quantitative estimate of drug-likeness (QED) is 0.406. The van der Waals surface area contributed by atoms with Gasteiger partial charge >= 0.3 is 0 Å². The minimum absolute atomic E-state index is 0.134. The fourth-order valence-electron chi connectivity index (χ4n) is 1.85. The summed E-state index contributed by atoms with van der Waals surface area (Å²) in [6.07, 6.45) is 11.1. The molecule has 0 amide bonds. The minimum atomic E-state index is 0.134. The van der Waals surface area contributed by atoms with Crippen molar-refractivity contribution in [2.75, 3.05) is 6.61 Å². The van der Waals surface area contributed by atoms with Gasteiger partial charge in [0, 0.05) is 0 Å². The van der Waals surface area contributed by atoms with Crippen molar-refractivity contribution in [1.82, 2.24) is 0 Å². The van der Waals surface area contributed by atoms with Crippen LogP contribution in [0.15, 0.2) is 0 Å². The number of epoxide rings is 1. The van der Waals surface area contributed by atoms with Crippen LogP contribution in [-0.2, 0) is 9.47 Å². The SMILES string of the molecule is CCCCCCCCC(CC)OC1CO1. The molecular formula is C13H26O2. The van der Waals surface area contributed by atoms with Crippen LogP contribution in [0.2, 0.25) is 0 Å². The van der Waals surface area contributed by atoms with E-state index in [1.165, 1.54) is 44.9 Å². The molecule has 2 heteroatoms. The summed E-state index contributed by atoms with van der Waals surface area (Å²) >= 11 is 0. The number of rotatable bonds is 10. The molecule has 0 aromatic heterocycles. The zero-order valence-corrected chi connectivity index (χ0v) is 10.3. The van der Waals surface area contributed by atoms with E-state index < -0.39 is 0 Å². The lowest BCUT2D eigenvalue weighted by Crippen LogP contribution is -2.13. The van der Waals surface area contributed by atoms with Crippen LogP contribution in [0, 0.1) is 0 Å². The second-order valence-corrected chi connectivity index (χ2v) is 4.49. The highest BCUT2D eigenvalue weighted by Crippen LogP contribution is 2.19. The van der Waals surface area contributed by atoms with Crippen LogP contribution in [0.3, 0.4) is 0 Å². The Balaban J connectivity index is 1.87. The third-order valence-electron chi connectivity index (χ3n) is 2.98. The highest BCUT2D eigenvalue weighted by Gasteiger charge is 2.26. The molecule has 0 saturated carbocycles. The molecule has 2 unspecified atom stereocenters. The van der Waals surface area contributed by atoms with Crippen molar-refractivity contribution in [3.8, 4) is 0 Å². The maximum Gasteiger partial charge on any atom is 0.181 e. The highest BCUT2D eigenvalue weighted by molar-refractivity contribution is 4.63. The van der Waals surface area contributed by atoms with Crippen molar-refractivity contribution in [2.45, 2.75) is 77.6 Å². The molecule has 1 aliphatic rings. The van der Waals surface area contributed by atoms with Crippen LogP contribution in [0.5, 0.6) is 0 Å². The molecule has 1 saturated heterocycles. The van der Waals surface area contributed by atoms with Gasteiger partial charge in [-0.2, -0.15) is 0 Å². The van der Waals surface area contributed by atoms with Crippen molar-refractivity contribution < 1.29 is 9.47 Å². The molecule has 0 aliphatic carbocycles. The Kier molecular flexibility index (Phi) is 7.03. The first-order chi connectivity index (χ1) is 7.36. The lowest BCUT2D eigenvalue weighted by atomic mass is 10.1. The first-order valence-corrected chi connectivity index (χ1v) is 6.63. The van der Waals surface area contributed by atoms with Crippen molar-refractivity contribution in [2.24, 2.45) is 0 Å². The average molecular weight is 214 g/mol. The summed E-state index contributed by atoms with van der Waals surface area (Å²) in [4.78, 5) is 0. The van der Waals surface area contributed by atoms with Crippen LogP contribution in [0.4, 0.5) is 0 Å². The summed E-state index contributed by atoms with van der Waals surface area (Å²) < 4.78 is 10.8. The van der Waals surface area contributed by atoms with Crippen LogP contribution in [-0.4, -0.2) is 19.0 Å². The number of unbranched alkanes of at least 4 members (excludes halogenated alkanes) is 5. The number of hydrogen-bond acceptors (Lipinski definition) is 2. The molecule has 15 heavy (non-hydrogen) atoms. The molecule has 0 spiro atoms. The maximum absolute atomic E-state index is 5.72. The fourth-order valence-corrected chi connectivity index (χ4v) is 1.85. The first-order valence-electron chi connectivity index (χ1n) is 6.63. The summed E-state index contributed by atoms with van der Waals surface area (Å²) in [7, 11) is 0. The van der Waals surface area contributed by atoms with Gasteiger partial charge in [-0.15, -0.1) is 0 Å². The molecule has 1 heterocycles. The van der Waals surface area contributed by atoms with Gasteiger partial charge in [0.05, 0.1) is 6.10 Å². The van der Waals surface area contributed by atoms with Gasteiger partial charge in [-0.3, -0.25) is 0 Å². The highest BCUT2D eigenvalue weighted by atomic mass is 16.8. The van der Waals surface area contributed by atoms with E-state index in [9.17, 15) is 0 Å². The minimum Gasteiger partial charge on any atom is -0.347 e. The van der Waals surface area contributed by atoms with Gasteiger partial charge in [-0.05, 0) is 12.8 Å². The molecule has 2 atom stereocenters. The monoisotopic (exact) mass is 214 g/mol. The third-order valence-corrected chi connectivity index (χ3v) is 2.98. The molecule has 1 aliphatic heterocycles. The molecule has 2 nitrogen and oxygen atoms in total. The average Bonchev–Trinajstić information content (AvgIpc) is 3.05. The second-order valence-electron chi connectivity index (χ2n) is 4.49. The number of ether oxygens (including phenoxy) is 2. The van der Waals surface area contributed by atoms with Gasteiger partial charge in [-0.1, -0.05) is 52.4 Å². The maximum atomic E-state index is 5.72. The molecule has 1 rings (SSSR count). The smallest absolute Gasteiger partial charge is 0.181 e. The van der Waals surface area contributed by atoms with Gasteiger partial charge in [-0.25, -0.2) is 0 Å². The predicted octanol–water partition coefficient (Wildman–Crippen LogP) is 3.89. The summed E-state index contributed by atoms with van der Waals surface area (Å²) in [5, 5.41) is 0. The van der Waals surface area contributed by atoms with E-state index in [0.29, 0.717) is 6.10 Å². The second kappa shape index (κ2) is 8.12. The molecule has 1 fully saturated rings. The lowest BCUT2D eigenvalue weighted by molar-refractivity contribution is -0.0177. The van der Waals surface area contributed by atoms with Gasteiger partial charge in [0.15, 0.2) is 6.29 Å². The van der Waals surface area contributed by atoms with Crippen LogP contribution in [0.25, 0.3) is 0 Å². The van der Waals surface area contributed by atoms with Crippen molar-refractivity contribution in [1.29, 1.82) is 0 Å². The van der Waals surface area contributed by atoms with Crippen molar-refractivity contribution in [3.05, 3.63) is 0 Å². The molecule has 0 aromatic rings. The number of hydrogen-bond donors (Lipinski definition) is 0. The Hall–Kier alpha value is -0.0800. The standard InChI is InChI=1S/C13H26O2/c1-3-5-6-7-8-9-10-12(4-2)15-13-11-14-13/h12-13H,3-11H2,1-2H3. The topological polar surface area (TPSA) is 21.8 Å². The van der Waals surface area contributed by atoms with Crippen LogP contribution >= 0.6 is 0 Å². The van der Waals surface area contributed by atoms with E-state index in [2.05, 4.69) is 13.8 Å². The summed E-state index contributed by atoms with van der Waals surface area (Å²) in [6.45, 7) is 5.27. The summed E-state index contributed by atoms with van der Waals surface area (Å²) in [6, 6.07) is 0. The predicted molar refractivity (Wildman–Crippen MR) is 62.9 cm³/mol. The Morgan fingerprint density at radius 3 is 2.40 bits per heavy atom. The van der Waals surface area contributed by atoms with E-state index in [1.807, 2.05) is 0 Å². The largest absolute Gasteiger partial charge is 0.347 e. The fraction of sp³-hybridized carbons (Fsp3) is 1.00. The Morgan fingerprint density at radius 1 is 1.13 bits per heavy atom. The lowest BCUT2D eigenvalue weighted by Gasteiger charge is -2.13. The zero-order valence-electron chi connectivity index (χ0n) is 10.3. The molecule has 0 N–H and O–H groups in total. The van der Waals surface area contributed by atoms with Crippen molar-refractivity contribution >= 4 is 0 Å². The van der Waals surface area contributed by atoms with Crippen LogP contribution < -0.4 is 0 Å². The Morgan fingerprint density at radius 2 is 1.80 bits per heavy atom. The van der Waals surface area contributed by atoms with Gasteiger partial charge in [0.1, 0.15) is 6.61 Å². The van der Waals surface area contributed by atoms with Gasteiger partial charge in [0.25, 0.3) is 0 Å². The van der Waals surface area contributed by atoms with Gasteiger partial charge in [0.2, 0.25) is 0 Å². The molecular weight excluding hydrogens is 188 g/mol. The summed E-state index contributed by atoms with van der Waals surface area (Å²) in [5.74, 6) is 0. The third kappa shape index (κ3) is 6.91. The Labute approximate surface area is 94.3 Å². The molecule has 0 aromatic carbocycles. The zero-order chi connectivity index (χ0) is 10.9. The van der Waals surface area contributed by atoms with E-state index in [0.717, 1.165) is 13.0 Å². The van der Waals surface area contributed by atoms with Gasteiger partial charge < -0.3 is 9.47 Å².